The second-order valence-corrected chi connectivity index (χ2v) is 4.59. The van der Waals surface area contributed by atoms with Gasteiger partial charge in [-0.3, -0.25) is 9.69 Å². The van der Waals surface area contributed by atoms with Crippen LogP contribution in [-0.4, -0.2) is 42.5 Å². The smallest absolute Gasteiger partial charge is 0.235 e. The highest BCUT2D eigenvalue weighted by molar-refractivity contribution is 5.80. The third-order valence-electron chi connectivity index (χ3n) is 3.07. The molecule has 1 aliphatic rings. The molecular weight excluding hydrogens is 202 g/mol. The molecule has 1 saturated carbocycles. The second kappa shape index (κ2) is 6.86. The van der Waals surface area contributed by atoms with Gasteiger partial charge in [0.15, 0.2) is 0 Å². The molecule has 16 heavy (non-hydrogen) atoms. The maximum absolute atomic E-state index is 11.3. The van der Waals surface area contributed by atoms with Crippen LogP contribution in [0.4, 0.5) is 0 Å². The molecule has 1 atom stereocenters. The van der Waals surface area contributed by atoms with Gasteiger partial charge in [0.2, 0.25) is 5.91 Å². The van der Waals surface area contributed by atoms with Gasteiger partial charge in [-0.25, -0.2) is 0 Å². The van der Waals surface area contributed by atoms with E-state index in [9.17, 15) is 4.79 Å². The van der Waals surface area contributed by atoms with E-state index >= 15 is 0 Å². The molecule has 0 spiro atoms. The average Bonchev–Trinajstić information content (AvgIpc) is 3.06. The molecule has 0 aromatic heterocycles. The molecule has 1 rings (SSSR count). The summed E-state index contributed by atoms with van der Waals surface area (Å²) in [6.45, 7) is 6.86. The Morgan fingerprint density at radius 2 is 2.19 bits per heavy atom. The fourth-order valence-electron chi connectivity index (χ4n) is 1.96. The van der Waals surface area contributed by atoms with Crippen molar-refractivity contribution in [2.24, 2.45) is 5.73 Å². The Hall–Kier alpha value is -0.610. The van der Waals surface area contributed by atoms with Crippen molar-refractivity contribution in [1.29, 1.82) is 0 Å². The lowest BCUT2D eigenvalue weighted by atomic mass is 10.2. The minimum absolute atomic E-state index is 0.192. The van der Waals surface area contributed by atoms with Gasteiger partial charge < -0.3 is 11.1 Å². The first-order valence-electron chi connectivity index (χ1n) is 6.45. The quantitative estimate of drug-likeness (QED) is 0.610. The summed E-state index contributed by atoms with van der Waals surface area (Å²) in [5.41, 5.74) is 5.39. The van der Waals surface area contributed by atoms with Crippen LogP contribution in [0.15, 0.2) is 0 Å². The second-order valence-electron chi connectivity index (χ2n) is 4.59. The molecule has 0 heterocycles. The van der Waals surface area contributed by atoms with Crippen molar-refractivity contribution in [3.63, 3.8) is 0 Å². The van der Waals surface area contributed by atoms with E-state index < -0.39 is 0 Å². The van der Waals surface area contributed by atoms with Gasteiger partial charge in [-0.15, -0.1) is 0 Å². The number of nitrogens with one attached hydrogen (secondary N) is 1. The van der Waals surface area contributed by atoms with E-state index in [2.05, 4.69) is 17.1 Å². The van der Waals surface area contributed by atoms with E-state index in [1.165, 1.54) is 25.7 Å². The normalized spacial score (nSPS) is 17.7. The summed E-state index contributed by atoms with van der Waals surface area (Å²) in [5.74, 6) is -0.232. The van der Waals surface area contributed by atoms with Gasteiger partial charge in [-0.05, 0) is 32.4 Å². The molecule has 0 aromatic rings. The van der Waals surface area contributed by atoms with E-state index in [4.69, 9.17) is 5.73 Å². The van der Waals surface area contributed by atoms with Crippen molar-refractivity contribution >= 4 is 5.91 Å². The number of amides is 1. The van der Waals surface area contributed by atoms with Gasteiger partial charge in [-0.2, -0.15) is 0 Å². The number of unbranched alkanes of at least 4 members (excludes halogenated alkanes) is 1. The van der Waals surface area contributed by atoms with Crippen molar-refractivity contribution in [3.8, 4) is 0 Å². The first-order valence-corrected chi connectivity index (χ1v) is 6.45. The van der Waals surface area contributed by atoms with Gasteiger partial charge in [0, 0.05) is 12.6 Å². The van der Waals surface area contributed by atoms with Crippen LogP contribution >= 0.6 is 0 Å². The lowest BCUT2D eigenvalue weighted by Crippen LogP contribution is -2.49. The van der Waals surface area contributed by atoms with Crippen LogP contribution in [0.2, 0.25) is 0 Å². The predicted octanol–water partition coefficient (Wildman–Crippen LogP) is 0.714. The molecule has 1 aliphatic carbocycles. The van der Waals surface area contributed by atoms with E-state index in [-0.39, 0.29) is 11.9 Å². The van der Waals surface area contributed by atoms with Gasteiger partial charge >= 0.3 is 0 Å². The molecule has 0 aromatic carbocycles. The Labute approximate surface area is 98.6 Å². The van der Waals surface area contributed by atoms with E-state index in [0.29, 0.717) is 6.04 Å². The number of primary amides is 1. The Bertz CT molecular complexity index is 216. The van der Waals surface area contributed by atoms with Crippen LogP contribution in [0.1, 0.15) is 39.5 Å². The van der Waals surface area contributed by atoms with Crippen LogP contribution < -0.4 is 11.1 Å². The van der Waals surface area contributed by atoms with Crippen molar-refractivity contribution in [2.75, 3.05) is 19.6 Å². The molecule has 4 nitrogen and oxygen atoms in total. The summed E-state index contributed by atoms with van der Waals surface area (Å²) >= 11 is 0. The molecule has 94 valence electrons. The first-order chi connectivity index (χ1) is 7.69. The number of hydrogen-bond acceptors (Lipinski definition) is 3. The fourth-order valence-corrected chi connectivity index (χ4v) is 1.96. The predicted molar refractivity (Wildman–Crippen MR) is 66.2 cm³/mol. The van der Waals surface area contributed by atoms with Gasteiger partial charge in [0.05, 0.1) is 6.04 Å². The maximum atomic E-state index is 11.3. The maximum Gasteiger partial charge on any atom is 0.235 e. The van der Waals surface area contributed by atoms with Crippen LogP contribution in [0.3, 0.4) is 0 Å². The van der Waals surface area contributed by atoms with Gasteiger partial charge in [0.25, 0.3) is 0 Å². The summed E-state index contributed by atoms with van der Waals surface area (Å²) in [7, 11) is 0. The number of carbonyl (C=O) groups excluding carboxylic acids is 1. The standard InChI is InChI=1S/C12H25N3O/c1-3-5-8-15(10-6-7-10)9-11(12(13)16)14-4-2/h10-11,14H,3-9H2,1-2H3,(H2,13,16). The molecule has 4 heteroatoms. The summed E-state index contributed by atoms with van der Waals surface area (Å²) < 4.78 is 0. The molecule has 3 N–H and O–H groups in total. The minimum Gasteiger partial charge on any atom is -0.368 e. The molecule has 0 aliphatic heterocycles. The zero-order valence-electron chi connectivity index (χ0n) is 10.5. The molecule has 0 saturated heterocycles. The molecule has 1 amide bonds. The number of nitrogens with zero attached hydrogens (tertiary/aromatic N) is 1. The van der Waals surface area contributed by atoms with Crippen molar-refractivity contribution < 1.29 is 4.79 Å². The van der Waals surface area contributed by atoms with E-state index in [1.54, 1.807) is 0 Å². The Balaban J connectivity index is 2.40. The summed E-state index contributed by atoms with van der Waals surface area (Å²) in [4.78, 5) is 13.7. The van der Waals surface area contributed by atoms with Gasteiger partial charge in [0.1, 0.15) is 0 Å². The minimum atomic E-state index is -0.232. The number of rotatable bonds is 9. The van der Waals surface area contributed by atoms with Crippen LogP contribution in [-0.2, 0) is 4.79 Å². The lowest BCUT2D eigenvalue weighted by Gasteiger charge is -2.26. The number of likely N-dealkylation sites (N-methyl/N-ethyl adjacent to an activating group) is 1. The van der Waals surface area contributed by atoms with Crippen molar-refractivity contribution in [1.82, 2.24) is 10.2 Å². The molecule has 1 fully saturated rings. The van der Waals surface area contributed by atoms with E-state index in [1.807, 2.05) is 6.92 Å². The lowest BCUT2D eigenvalue weighted by molar-refractivity contribution is -0.120. The fraction of sp³-hybridized carbons (Fsp3) is 0.917. The highest BCUT2D eigenvalue weighted by Gasteiger charge is 2.31. The summed E-state index contributed by atoms with van der Waals surface area (Å²) in [6, 6.07) is 0.509. The molecular formula is C12H25N3O. The highest BCUT2D eigenvalue weighted by atomic mass is 16.1. The van der Waals surface area contributed by atoms with Crippen LogP contribution in [0.5, 0.6) is 0 Å². The SMILES string of the molecule is CCCCN(CC(NCC)C(N)=O)C1CC1. The van der Waals surface area contributed by atoms with E-state index in [0.717, 1.165) is 19.6 Å². The van der Waals surface area contributed by atoms with Crippen LogP contribution in [0, 0.1) is 0 Å². The molecule has 1 unspecified atom stereocenters. The highest BCUT2D eigenvalue weighted by Crippen LogP contribution is 2.27. The van der Waals surface area contributed by atoms with Crippen molar-refractivity contribution in [3.05, 3.63) is 0 Å². The largest absolute Gasteiger partial charge is 0.368 e. The number of nitrogens with two attached hydrogens (primary N) is 1. The van der Waals surface area contributed by atoms with Crippen molar-refractivity contribution in [2.45, 2.75) is 51.6 Å². The zero-order valence-corrected chi connectivity index (χ0v) is 10.5. The monoisotopic (exact) mass is 227 g/mol. The first kappa shape index (κ1) is 13.5. The number of carbonyl (C=O) groups is 1. The topological polar surface area (TPSA) is 58.4 Å². The molecule has 0 bridgehead atoms. The zero-order chi connectivity index (χ0) is 12.0. The Morgan fingerprint density at radius 3 is 2.62 bits per heavy atom. The summed E-state index contributed by atoms with van der Waals surface area (Å²) in [6.07, 6.45) is 4.96. The average molecular weight is 227 g/mol. The summed E-state index contributed by atoms with van der Waals surface area (Å²) in [5, 5.41) is 3.16. The third-order valence-corrected chi connectivity index (χ3v) is 3.07. The van der Waals surface area contributed by atoms with Crippen LogP contribution in [0.25, 0.3) is 0 Å². The number of hydrogen-bond donors (Lipinski definition) is 2. The molecule has 0 radical (unpaired) electrons. The Kier molecular flexibility index (Phi) is 5.77. The van der Waals surface area contributed by atoms with Gasteiger partial charge in [-0.1, -0.05) is 20.3 Å². The Morgan fingerprint density at radius 1 is 1.50 bits per heavy atom. The third kappa shape index (κ3) is 4.49.